The first kappa shape index (κ1) is 16.4. The Morgan fingerprint density at radius 2 is 2.17 bits per heavy atom. The molecule has 1 atom stereocenters. The summed E-state index contributed by atoms with van der Waals surface area (Å²) in [5.74, 6) is -0.0849. The number of likely N-dealkylation sites (tertiary alicyclic amines) is 1. The Labute approximate surface area is 140 Å². The van der Waals surface area contributed by atoms with Gasteiger partial charge in [0.1, 0.15) is 11.1 Å². The number of hydrogen-bond acceptors (Lipinski definition) is 5. The molecule has 1 aliphatic carbocycles. The average Bonchev–Trinajstić information content (AvgIpc) is 3.04. The van der Waals surface area contributed by atoms with Crippen molar-refractivity contribution in [3.8, 4) is 6.07 Å². The Hall–Kier alpha value is -1.42. The number of anilines is 1. The van der Waals surface area contributed by atoms with Gasteiger partial charge in [-0.25, -0.2) is 0 Å². The Morgan fingerprint density at radius 1 is 1.35 bits per heavy atom. The number of aliphatic hydroxyl groups is 1. The number of rotatable bonds is 4. The highest BCUT2D eigenvalue weighted by Gasteiger charge is 2.26. The maximum absolute atomic E-state index is 12.3. The summed E-state index contributed by atoms with van der Waals surface area (Å²) in [6.45, 7) is 1.24. The van der Waals surface area contributed by atoms with Crippen LogP contribution >= 0.6 is 11.3 Å². The fraction of sp³-hybridized carbons (Fsp3) is 0.647. The second-order valence-corrected chi connectivity index (χ2v) is 7.48. The molecule has 0 radical (unpaired) electrons. The van der Waals surface area contributed by atoms with Crippen molar-refractivity contribution in [2.45, 2.75) is 51.0 Å². The predicted molar refractivity (Wildman–Crippen MR) is 90.6 cm³/mol. The highest BCUT2D eigenvalue weighted by Crippen LogP contribution is 2.37. The van der Waals surface area contributed by atoms with Crippen molar-refractivity contribution in [2.24, 2.45) is 0 Å². The molecule has 1 aromatic heterocycles. The molecule has 1 saturated heterocycles. The number of thiophene rings is 1. The van der Waals surface area contributed by atoms with Gasteiger partial charge < -0.3 is 10.4 Å². The molecular weight excluding hydrogens is 310 g/mol. The van der Waals surface area contributed by atoms with Gasteiger partial charge in [-0.15, -0.1) is 11.3 Å². The molecule has 0 bridgehead atoms. The number of carbonyl (C=O) groups excluding carboxylic acids is 1. The Bertz CT molecular complexity index is 620. The summed E-state index contributed by atoms with van der Waals surface area (Å²) in [6, 6.07) is 2.39. The van der Waals surface area contributed by atoms with E-state index in [1.807, 2.05) is 4.90 Å². The van der Waals surface area contributed by atoms with Crippen LogP contribution in [0.5, 0.6) is 0 Å². The molecule has 5 nitrogen and oxygen atoms in total. The predicted octanol–water partition coefficient (Wildman–Crippen LogP) is 2.28. The van der Waals surface area contributed by atoms with Crippen LogP contribution in [-0.4, -0.2) is 41.7 Å². The average molecular weight is 333 g/mol. The summed E-state index contributed by atoms with van der Waals surface area (Å²) in [6.07, 6.45) is 7.43. The van der Waals surface area contributed by atoms with Crippen molar-refractivity contribution < 1.29 is 9.90 Å². The zero-order valence-corrected chi connectivity index (χ0v) is 14.1. The quantitative estimate of drug-likeness (QED) is 0.829. The molecule has 23 heavy (non-hydrogen) atoms. The van der Waals surface area contributed by atoms with Crippen molar-refractivity contribution in [1.29, 1.82) is 5.26 Å². The molecule has 124 valence electrons. The third-order valence-corrected chi connectivity index (χ3v) is 6.05. The van der Waals surface area contributed by atoms with Crippen LogP contribution in [0.4, 0.5) is 5.00 Å². The SMILES string of the molecule is N#Cc1c(NC(=O)CN2CCCC2CO)sc2c1CCCCC2. The van der Waals surface area contributed by atoms with Crippen molar-refractivity contribution in [3.05, 3.63) is 16.0 Å². The lowest BCUT2D eigenvalue weighted by molar-refractivity contribution is -0.117. The maximum atomic E-state index is 12.3. The topological polar surface area (TPSA) is 76.4 Å². The minimum absolute atomic E-state index is 0.0849. The Balaban J connectivity index is 1.70. The summed E-state index contributed by atoms with van der Waals surface area (Å²) >= 11 is 1.57. The Morgan fingerprint density at radius 3 is 2.96 bits per heavy atom. The number of hydrogen-bond donors (Lipinski definition) is 2. The van der Waals surface area contributed by atoms with Gasteiger partial charge >= 0.3 is 0 Å². The molecular formula is C17H23N3O2S. The van der Waals surface area contributed by atoms with E-state index in [0.29, 0.717) is 17.1 Å². The first-order valence-corrected chi connectivity index (χ1v) is 9.24. The fourth-order valence-corrected chi connectivity index (χ4v) is 4.87. The second-order valence-electron chi connectivity index (χ2n) is 6.38. The first-order valence-electron chi connectivity index (χ1n) is 8.42. The third kappa shape index (κ3) is 3.57. The van der Waals surface area contributed by atoms with Gasteiger partial charge in [-0.2, -0.15) is 5.26 Å². The van der Waals surface area contributed by atoms with Crippen LogP contribution in [0.2, 0.25) is 0 Å². The number of fused-ring (bicyclic) bond motifs is 1. The van der Waals surface area contributed by atoms with E-state index in [2.05, 4.69) is 11.4 Å². The second kappa shape index (κ2) is 7.43. The van der Waals surface area contributed by atoms with Crippen LogP contribution in [0.1, 0.15) is 48.1 Å². The van der Waals surface area contributed by atoms with E-state index in [0.717, 1.165) is 50.6 Å². The standard InChI is InChI=1S/C17H23N3O2S/c18-9-14-13-6-2-1-3-7-15(13)23-17(14)19-16(22)10-20-8-4-5-12(20)11-21/h12,21H,1-8,10-11H2,(H,19,22). The lowest BCUT2D eigenvalue weighted by Gasteiger charge is -2.21. The Kier molecular flexibility index (Phi) is 5.31. The number of nitrogens with one attached hydrogen (secondary N) is 1. The molecule has 1 aliphatic heterocycles. The zero-order chi connectivity index (χ0) is 16.2. The first-order chi connectivity index (χ1) is 11.2. The van der Waals surface area contributed by atoms with Gasteiger partial charge in [-0.3, -0.25) is 9.69 Å². The van der Waals surface area contributed by atoms with Crippen LogP contribution in [0.25, 0.3) is 0 Å². The largest absolute Gasteiger partial charge is 0.395 e. The highest BCUT2D eigenvalue weighted by molar-refractivity contribution is 7.16. The zero-order valence-electron chi connectivity index (χ0n) is 13.3. The number of nitrogens with zero attached hydrogens (tertiary/aromatic N) is 2. The van der Waals surface area contributed by atoms with E-state index >= 15 is 0 Å². The van der Waals surface area contributed by atoms with E-state index in [-0.39, 0.29) is 18.6 Å². The molecule has 6 heteroatoms. The van der Waals surface area contributed by atoms with Crippen LogP contribution < -0.4 is 5.32 Å². The molecule has 1 fully saturated rings. The van der Waals surface area contributed by atoms with Gasteiger partial charge in [0.2, 0.25) is 5.91 Å². The molecule has 1 unspecified atom stereocenters. The normalized spacial score (nSPS) is 21.5. The molecule has 0 spiro atoms. The summed E-state index contributed by atoms with van der Waals surface area (Å²) in [7, 11) is 0. The molecule has 1 aromatic rings. The summed E-state index contributed by atoms with van der Waals surface area (Å²) < 4.78 is 0. The third-order valence-electron chi connectivity index (χ3n) is 4.84. The molecule has 0 aromatic carbocycles. The molecule has 2 aliphatic rings. The summed E-state index contributed by atoms with van der Waals surface area (Å²) in [5.41, 5.74) is 1.82. The van der Waals surface area contributed by atoms with Crippen LogP contribution in [0.3, 0.4) is 0 Å². The summed E-state index contributed by atoms with van der Waals surface area (Å²) in [4.78, 5) is 15.6. The number of aryl methyl sites for hydroxylation is 1. The molecule has 1 amide bonds. The number of amides is 1. The van der Waals surface area contributed by atoms with Crippen molar-refractivity contribution in [3.63, 3.8) is 0 Å². The lowest BCUT2D eigenvalue weighted by Crippen LogP contribution is -2.38. The van der Waals surface area contributed by atoms with Gasteiger partial charge in [0.25, 0.3) is 0 Å². The van der Waals surface area contributed by atoms with Crippen LogP contribution in [0, 0.1) is 11.3 Å². The molecule has 3 rings (SSSR count). The monoisotopic (exact) mass is 333 g/mol. The number of aliphatic hydroxyl groups excluding tert-OH is 1. The van der Waals surface area contributed by atoms with E-state index in [9.17, 15) is 15.2 Å². The summed E-state index contributed by atoms with van der Waals surface area (Å²) in [5, 5.41) is 22.5. The number of nitriles is 1. The van der Waals surface area contributed by atoms with E-state index in [1.165, 1.54) is 11.3 Å². The molecule has 0 saturated carbocycles. The molecule has 2 N–H and O–H groups in total. The number of carbonyl (C=O) groups is 1. The van der Waals surface area contributed by atoms with Crippen molar-refractivity contribution >= 4 is 22.2 Å². The van der Waals surface area contributed by atoms with Gasteiger partial charge in [0.05, 0.1) is 18.7 Å². The fourth-order valence-electron chi connectivity index (χ4n) is 3.61. The van der Waals surface area contributed by atoms with Crippen molar-refractivity contribution in [2.75, 3.05) is 25.0 Å². The van der Waals surface area contributed by atoms with Crippen LogP contribution in [0.15, 0.2) is 0 Å². The van der Waals surface area contributed by atoms with Gasteiger partial charge in [0, 0.05) is 10.9 Å². The lowest BCUT2D eigenvalue weighted by atomic mass is 10.1. The van der Waals surface area contributed by atoms with Gasteiger partial charge in [-0.1, -0.05) is 6.42 Å². The van der Waals surface area contributed by atoms with Gasteiger partial charge in [0.15, 0.2) is 0 Å². The minimum Gasteiger partial charge on any atom is -0.395 e. The van der Waals surface area contributed by atoms with E-state index < -0.39 is 0 Å². The van der Waals surface area contributed by atoms with Gasteiger partial charge in [-0.05, 0) is 50.6 Å². The van der Waals surface area contributed by atoms with Crippen molar-refractivity contribution in [1.82, 2.24) is 4.90 Å². The van der Waals surface area contributed by atoms with E-state index in [4.69, 9.17) is 0 Å². The highest BCUT2D eigenvalue weighted by atomic mass is 32.1. The maximum Gasteiger partial charge on any atom is 0.239 e. The molecule has 2 heterocycles. The van der Waals surface area contributed by atoms with Crippen LogP contribution in [-0.2, 0) is 17.6 Å². The smallest absolute Gasteiger partial charge is 0.239 e. The minimum atomic E-state index is -0.0849. The van der Waals surface area contributed by atoms with E-state index in [1.54, 1.807) is 11.3 Å².